The Morgan fingerprint density at radius 2 is 2.38 bits per heavy atom. The number of halogens is 1. The highest BCUT2D eigenvalue weighted by molar-refractivity contribution is 7.13. The highest BCUT2D eigenvalue weighted by Gasteiger charge is 2.08. The maximum absolute atomic E-state index is 11.6. The van der Waals surface area contributed by atoms with Crippen LogP contribution < -0.4 is 10.6 Å². The monoisotopic (exact) mass is 331 g/mol. The van der Waals surface area contributed by atoms with Crippen LogP contribution in [0.15, 0.2) is 28.2 Å². The van der Waals surface area contributed by atoms with Gasteiger partial charge in [-0.3, -0.25) is 4.79 Å². The topological polar surface area (TPSA) is 76.4 Å². The zero-order chi connectivity index (χ0) is 14.2. The average Bonchev–Trinajstić information content (AvgIpc) is 3.11. The maximum atomic E-state index is 11.6. The third kappa shape index (κ3) is 5.84. The lowest BCUT2D eigenvalue weighted by Crippen LogP contribution is -2.34. The second kappa shape index (κ2) is 9.51. The molecular weight excluding hydrogens is 314 g/mol. The molecule has 2 heterocycles. The highest BCUT2D eigenvalue weighted by Crippen LogP contribution is 2.23. The Labute approximate surface area is 133 Å². The van der Waals surface area contributed by atoms with E-state index >= 15 is 0 Å². The third-order valence-electron chi connectivity index (χ3n) is 2.52. The first-order valence-electron chi connectivity index (χ1n) is 6.24. The van der Waals surface area contributed by atoms with Crippen LogP contribution in [0.4, 0.5) is 0 Å². The van der Waals surface area contributed by atoms with Gasteiger partial charge >= 0.3 is 0 Å². The zero-order valence-electron chi connectivity index (χ0n) is 11.6. The van der Waals surface area contributed by atoms with Gasteiger partial charge in [0.05, 0.1) is 31.7 Å². The first-order chi connectivity index (χ1) is 9.79. The molecule has 0 saturated heterocycles. The Balaban J connectivity index is 0.00000220. The second-order valence-electron chi connectivity index (χ2n) is 4.07. The predicted molar refractivity (Wildman–Crippen MR) is 83.7 cm³/mol. The molecule has 0 radical (unpaired) electrons. The average molecular weight is 332 g/mol. The molecule has 8 heteroatoms. The van der Waals surface area contributed by atoms with Gasteiger partial charge in [0.15, 0.2) is 10.8 Å². The van der Waals surface area contributed by atoms with Crippen molar-refractivity contribution in [3.63, 3.8) is 0 Å². The van der Waals surface area contributed by atoms with Gasteiger partial charge < -0.3 is 19.8 Å². The number of aromatic nitrogens is 1. The van der Waals surface area contributed by atoms with Crippen molar-refractivity contribution >= 4 is 29.7 Å². The number of rotatable bonds is 8. The van der Waals surface area contributed by atoms with E-state index in [0.717, 1.165) is 16.5 Å². The molecule has 0 fully saturated rings. The first kappa shape index (κ1) is 17.6. The molecule has 21 heavy (non-hydrogen) atoms. The Bertz CT molecular complexity index is 531. The minimum Gasteiger partial charge on any atom is -0.462 e. The maximum Gasteiger partial charge on any atom is 0.234 e. The van der Waals surface area contributed by atoms with E-state index in [9.17, 15) is 4.79 Å². The van der Waals surface area contributed by atoms with Gasteiger partial charge in [-0.25, -0.2) is 4.98 Å². The quantitative estimate of drug-likeness (QED) is 0.720. The fraction of sp³-hybridized carbons (Fsp3) is 0.385. The Morgan fingerprint density at radius 3 is 3.10 bits per heavy atom. The standard InChI is InChI=1S/C13H17N3O3S.ClH/c1-18-6-4-14-8-12(17)15-7-10-9-20-13(16-10)11-3-2-5-19-11;/h2-3,5,9,14H,4,6-8H2,1H3,(H,15,17);1H. The molecule has 2 aromatic rings. The molecule has 0 aromatic carbocycles. The largest absolute Gasteiger partial charge is 0.462 e. The summed E-state index contributed by atoms with van der Waals surface area (Å²) < 4.78 is 10.2. The van der Waals surface area contributed by atoms with Crippen LogP contribution in [0.1, 0.15) is 5.69 Å². The van der Waals surface area contributed by atoms with E-state index in [1.165, 1.54) is 11.3 Å². The van der Waals surface area contributed by atoms with Crippen LogP contribution in [-0.4, -0.2) is 37.7 Å². The molecule has 2 N–H and O–H groups in total. The van der Waals surface area contributed by atoms with E-state index in [1.54, 1.807) is 13.4 Å². The van der Waals surface area contributed by atoms with E-state index in [-0.39, 0.29) is 24.9 Å². The number of hydrogen-bond donors (Lipinski definition) is 2. The SMILES string of the molecule is COCCNCC(=O)NCc1csc(-c2ccco2)n1.Cl. The molecule has 0 aliphatic rings. The van der Waals surface area contributed by atoms with E-state index < -0.39 is 0 Å². The number of ether oxygens (including phenoxy) is 1. The van der Waals surface area contributed by atoms with Crippen molar-refractivity contribution in [1.29, 1.82) is 0 Å². The van der Waals surface area contributed by atoms with Gasteiger partial charge in [0.2, 0.25) is 5.91 Å². The first-order valence-corrected chi connectivity index (χ1v) is 7.12. The molecule has 1 amide bonds. The Hall–Kier alpha value is -1.41. The van der Waals surface area contributed by atoms with Gasteiger partial charge in [0.1, 0.15) is 0 Å². The molecule has 0 bridgehead atoms. The lowest BCUT2D eigenvalue weighted by Gasteiger charge is -2.04. The summed E-state index contributed by atoms with van der Waals surface area (Å²) in [7, 11) is 1.63. The van der Waals surface area contributed by atoms with E-state index in [4.69, 9.17) is 9.15 Å². The normalized spacial score (nSPS) is 10.1. The van der Waals surface area contributed by atoms with Gasteiger partial charge in [0.25, 0.3) is 0 Å². The highest BCUT2D eigenvalue weighted by atomic mass is 35.5. The van der Waals surface area contributed by atoms with Crippen molar-refractivity contribution in [3.8, 4) is 10.8 Å². The lowest BCUT2D eigenvalue weighted by molar-refractivity contribution is -0.120. The summed E-state index contributed by atoms with van der Waals surface area (Å²) >= 11 is 1.50. The summed E-state index contributed by atoms with van der Waals surface area (Å²) in [6.07, 6.45) is 1.61. The molecule has 116 valence electrons. The molecule has 0 atom stereocenters. The summed E-state index contributed by atoms with van der Waals surface area (Å²) in [5, 5.41) is 8.52. The molecule has 0 unspecified atom stereocenters. The van der Waals surface area contributed by atoms with Crippen LogP contribution in [0, 0.1) is 0 Å². The molecule has 0 aliphatic carbocycles. The van der Waals surface area contributed by atoms with Crippen molar-refractivity contribution < 1.29 is 13.9 Å². The second-order valence-corrected chi connectivity index (χ2v) is 4.93. The predicted octanol–water partition coefficient (Wildman–Crippen LogP) is 1.68. The summed E-state index contributed by atoms with van der Waals surface area (Å²) in [5.41, 5.74) is 0.826. The number of nitrogens with zero attached hydrogens (tertiary/aromatic N) is 1. The molecule has 0 aliphatic heterocycles. The molecular formula is C13H18ClN3O3S. The molecule has 0 saturated carbocycles. The van der Waals surface area contributed by atoms with Crippen LogP contribution in [-0.2, 0) is 16.1 Å². The lowest BCUT2D eigenvalue weighted by atomic mass is 10.4. The minimum atomic E-state index is -0.0614. The Morgan fingerprint density at radius 1 is 1.52 bits per heavy atom. The summed E-state index contributed by atoms with van der Waals surface area (Å²) in [6.45, 7) is 1.94. The van der Waals surface area contributed by atoms with Crippen LogP contribution in [0.5, 0.6) is 0 Å². The summed E-state index contributed by atoms with van der Waals surface area (Å²) in [4.78, 5) is 16.0. The van der Waals surface area contributed by atoms with E-state index in [2.05, 4.69) is 15.6 Å². The summed E-state index contributed by atoms with van der Waals surface area (Å²) in [6, 6.07) is 3.69. The molecule has 0 spiro atoms. The van der Waals surface area contributed by atoms with E-state index in [1.807, 2.05) is 17.5 Å². The summed E-state index contributed by atoms with van der Waals surface area (Å²) in [5.74, 6) is 0.683. The smallest absolute Gasteiger partial charge is 0.234 e. The molecule has 2 rings (SSSR count). The number of hydrogen-bond acceptors (Lipinski definition) is 6. The van der Waals surface area contributed by atoms with Gasteiger partial charge in [-0.2, -0.15) is 0 Å². The molecule has 6 nitrogen and oxygen atoms in total. The van der Waals surface area contributed by atoms with Gasteiger partial charge in [0, 0.05) is 19.0 Å². The number of carbonyl (C=O) groups excluding carboxylic acids is 1. The van der Waals surface area contributed by atoms with E-state index in [0.29, 0.717) is 19.7 Å². The Kier molecular flexibility index (Phi) is 7.99. The minimum absolute atomic E-state index is 0. The van der Waals surface area contributed by atoms with Crippen molar-refractivity contribution in [3.05, 3.63) is 29.5 Å². The number of methoxy groups -OCH3 is 1. The van der Waals surface area contributed by atoms with Crippen LogP contribution in [0.3, 0.4) is 0 Å². The van der Waals surface area contributed by atoms with Gasteiger partial charge in [-0.15, -0.1) is 23.7 Å². The van der Waals surface area contributed by atoms with Gasteiger partial charge in [-0.1, -0.05) is 0 Å². The van der Waals surface area contributed by atoms with Crippen LogP contribution in [0.25, 0.3) is 10.8 Å². The van der Waals surface area contributed by atoms with Gasteiger partial charge in [-0.05, 0) is 12.1 Å². The molecule has 2 aromatic heterocycles. The fourth-order valence-electron chi connectivity index (χ4n) is 1.53. The van der Waals surface area contributed by atoms with Crippen LogP contribution >= 0.6 is 23.7 Å². The third-order valence-corrected chi connectivity index (χ3v) is 3.42. The number of amides is 1. The number of carbonyl (C=O) groups is 1. The van der Waals surface area contributed by atoms with Crippen LogP contribution in [0.2, 0.25) is 0 Å². The zero-order valence-corrected chi connectivity index (χ0v) is 13.3. The van der Waals surface area contributed by atoms with Crippen molar-refractivity contribution in [1.82, 2.24) is 15.6 Å². The number of furan rings is 1. The van der Waals surface area contributed by atoms with Crippen molar-refractivity contribution in [2.45, 2.75) is 6.54 Å². The number of nitrogens with one attached hydrogen (secondary N) is 2. The van der Waals surface area contributed by atoms with Crippen molar-refractivity contribution in [2.24, 2.45) is 0 Å². The number of thiazole rings is 1. The fourth-order valence-corrected chi connectivity index (χ4v) is 2.32. The van der Waals surface area contributed by atoms with Crippen molar-refractivity contribution in [2.75, 3.05) is 26.8 Å².